The van der Waals surface area contributed by atoms with Crippen molar-refractivity contribution in [3.63, 3.8) is 0 Å². The number of hydrogen-bond donors (Lipinski definition) is 0. The standard InChI is InChI=1S/C22H18O2/c1-2-10-20(11-3-1)23-13-14-24-22-12-6-9-19-15-17-7-4-5-8-18(17)16-21(19)22/h1-12,15-16H,13-14H2. The van der Waals surface area contributed by atoms with Crippen molar-refractivity contribution in [2.24, 2.45) is 0 Å². The summed E-state index contributed by atoms with van der Waals surface area (Å²) in [4.78, 5) is 0. The third kappa shape index (κ3) is 3.04. The summed E-state index contributed by atoms with van der Waals surface area (Å²) in [5.74, 6) is 1.76. The molecule has 0 fully saturated rings. The summed E-state index contributed by atoms with van der Waals surface area (Å²) in [5.41, 5.74) is 0. The fourth-order valence-electron chi connectivity index (χ4n) is 2.89. The second-order valence-electron chi connectivity index (χ2n) is 5.69. The number of benzene rings is 4. The highest BCUT2D eigenvalue weighted by Gasteiger charge is 2.04. The molecule has 0 aliphatic rings. The van der Waals surface area contributed by atoms with Crippen LogP contribution in [-0.4, -0.2) is 13.2 Å². The Kier molecular flexibility index (Phi) is 4.03. The van der Waals surface area contributed by atoms with Crippen LogP contribution >= 0.6 is 0 Å². The lowest BCUT2D eigenvalue weighted by atomic mass is 10.0. The van der Waals surface area contributed by atoms with Gasteiger partial charge in [-0.15, -0.1) is 0 Å². The molecule has 4 rings (SSSR count). The maximum absolute atomic E-state index is 5.96. The van der Waals surface area contributed by atoms with Crippen molar-refractivity contribution in [1.29, 1.82) is 0 Å². The monoisotopic (exact) mass is 314 g/mol. The van der Waals surface area contributed by atoms with E-state index in [-0.39, 0.29) is 0 Å². The third-order valence-corrected chi connectivity index (χ3v) is 4.06. The second kappa shape index (κ2) is 6.63. The van der Waals surface area contributed by atoms with Crippen LogP contribution < -0.4 is 9.47 Å². The van der Waals surface area contributed by atoms with Crippen molar-refractivity contribution in [2.45, 2.75) is 0 Å². The highest BCUT2D eigenvalue weighted by molar-refractivity contribution is 6.00. The third-order valence-electron chi connectivity index (χ3n) is 4.06. The highest BCUT2D eigenvalue weighted by atomic mass is 16.5. The van der Waals surface area contributed by atoms with E-state index in [2.05, 4.69) is 42.5 Å². The van der Waals surface area contributed by atoms with Crippen LogP contribution in [0.15, 0.2) is 84.9 Å². The van der Waals surface area contributed by atoms with E-state index in [1.165, 1.54) is 16.2 Å². The summed E-state index contributed by atoms with van der Waals surface area (Å²) in [6, 6.07) is 28.8. The molecule has 0 saturated carbocycles. The molecule has 0 spiro atoms. The number of hydrogen-bond acceptors (Lipinski definition) is 2. The van der Waals surface area contributed by atoms with Crippen molar-refractivity contribution in [3.05, 3.63) is 84.9 Å². The molecule has 0 amide bonds. The summed E-state index contributed by atoms with van der Waals surface area (Å²) in [6.45, 7) is 1.04. The number of para-hydroxylation sites is 1. The summed E-state index contributed by atoms with van der Waals surface area (Å²) < 4.78 is 11.6. The summed E-state index contributed by atoms with van der Waals surface area (Å²) in [7, 11) is 0. The first-order chi connectivity index (χ1) is 11.9. The van der Waals surface area contributed by atoms with Gasteiger partial charge in [0.1, 0.15) is 24.7 Å². The fraction of sp³-hybridized carbons (Fsp3) is 0.0909. The van der Waals surface area contributed by atoms with Gasteiger partial charge >= 0.3 is 0 Å². The Morgan fingerprint density at radius 1 is 0.542 bits per heavy atom. The van der Waals surface area contributed by atoms with Crippen molar-refractivity contribution in [2.75, 3.05) is 13.2 Å². The van der Waals surface area contributed by atoms with Crippen molar-refractivity contribution in [3.8, 4) is 11.5 Å². The minimum atomic E-state index is 0.515. The lowest BCUT2D eigenvalue weighted by Crippen LogP contribution is -2.09. The van der Waals surface area contributed by atoms with Gasteiger partial charge in [0.25, 0.3) is 0 Å². The lowest BCUT2D eigenvalue weighted by Gasteiger charge is -2.11. The van der Waals surface area contributed by atoms with Crippen LogP contribution in [0.2, 0.25) is 0 Å². The van der Waals surface area contributed by atoms with E-state index >= 15 is 0 Å². The number of fused-ring (bicyclic) bond motifs is 2. The summed E-state index contributed by atoms with van der Waals surface area (Å²) >= 11 is 0. The predicted molar refractivity (Wildman–Crippen MR) is 98.9 cm³/mol. The molecule has 0 aromatic heterocycles. The summed E-state index contributed by atoms with van der Waals surface area (Å²) in [6.07, 6.45) is 0. The Morgan fingerprint density at radius 2 is 1.21 bits per heavy atom. The van der Waals surface area contributed by atoms with Gasteiger partial charge in [-0.3, -0.25) is 0 Å². The molecule has 24 heavy (non-hydrogen) atoms. The van der Waals surface area contributed by atoms with Gasteiger partial charge in [-0.25, -0.2) is 0 Å². The van der Waals surface area contributed by atoms with Gasteiger partial charge in [0.05, 0.1) is 0 Å². The molecular formula is C22H18O2. The quantitative estimate of drug-likeness (QED) is 0.360. The van der Waals surface area contributed by atoms with Crippen LogP contribution in [0.5, 0.6) is 11.5 Å². The van der Waals surface area contributed by atoms with Crippen molar-refractivity contribution >= 4 is 21.5 Å². The topological polar surface area (TPSA) is 18.5 Å². The predicted octanol–water partition coefficient (Wildman–Crippen LogP) is 5.45. The first-order valence-corrected chi connectivity index (χ1v) is 8.12. The molecule has 0 atom stereocenters. The molecule has 0 bridgehead atoms. The second-order valence-corrected chi connectivity index (χ2v) is 5.69. The molecule has 0 aliphatic carbocycles. The minimum absolute atomic E-state index is 0.515. The molecule has 4 aromatic carbocycles. The zero-order chi connectivity index (χ0) is 16.2. The Labute approximate surface area is 141 Å². The minimum Gasteiger partial charge on any atom is -0.490 e. The van der Waals surface area contributed by atoms with E-state index in [4.69, 9.17) is 9.47 Å². The smallest absolute Gasteiger partial charge is 0.127 e. The normalized spacial score (nSPS) is 10.8. The molecule has 0 N–H and O–H groups in total. The van der Waals surface area contributed by atoms with E-state index in [0.717, 1.165) is 16.9 Å². The van der Waals surface area contributed by atoms with Crippen LogP contribution in [-0.2, 0) is 0 Å². The zero-order valence-electron chi connectivity index (χ0n) is 13.3. The van der Waals surface area contributed by atoms with Gasteiger partial charge in [0, 0.05) is 5.39 Å². The van der Waals surface area contributed by atoms with E-state index < -0.39 is 0 Å². The number of ether oxygens (including phenoxy) is 2. The average molecular weight is 314 g/mol. The molecule has 0 saturated heterocycles. The van der Waals surface area contributed by atoms with Gasteiger partial charge in [-0.05, 0) is 46.5 Å². The lowest BCUT2D eigenvalue weighted by molar-refractivity contribution is 0.219. The molecule has 2 heteroatoms. The molecule has 4 aromatic rings. The van der Waals surface area contributed by atoms with E-state index in [1.807, 2.05) is 42.5 Å². The van der Waals surface area contributed by atoms with Crippen LogP contribution in [0.4, 0.5) is 0 Å². The van der Waals surface area contributed by atoms with Crippen LogP contribution in [0.25, 0.3) is 21.5 Å². The first kappa shape index (κ1) is 14.6. The first-order valence-electron chi connectivity index (χ1n) is 8.12. The van der Waals surface area contributed by atoms with Crippen molar-refractivity contribution in [1.82, 2.24) is 0 Å². The Hall–Kier alpha value is -3.00. The maximum Gasteiger partial charge on any atom is 0.127 e. The molecule has 2 nitrogen and oxygen atoms in total. The van der Waals surface area contributed by atoms with Crippen LogP contribution in [0.1, 0.15) is 0 Å². The molecule has 0 radical (unpaired) electrons. The molecule has 0 unspecified atom stereocenters. The largest absolute Gasteiger partial charge is 0.490 e. The van der Waals surface area contributed by atoms with Gasteiger partial charge in [0.15, 0.2) is 0 Å². The molecule has 118 valence electrons. The molecule has 0 aliphatic heterocycles. The van der Waals surface area contributed by atoms with E-state index in [9.17, 15) is 0 Å². The SMILES string of the molecule is c1ccc(OCCOc2cccc3cc4ccccc4cc23)cc1. The van der Waals surface area contributed by atoms with Gasteiger partial charge < -0.3 is 9.47 Å². The fourth-order valence-corrected chi connectivity index (χ4v) is 2.89. The maximum atomic E-state index is 5.96. The van der Waals surface area contributed by atoms with Gasteiger partial charge in [-0.2, -0.15) is 0 Å². The Bertz CT molecular complexity index is 961. The number of rotatable bonds is 5. The zero-order valence-corrected chi connectivity index (χ0v) is 13.3. The summed E-state index contributed by atoms with van der Waals surface area (Å²) in [5, 5.41) is 4.79. The van der Waals surface area contributed by atoms with Gasteiger partial charge in [0.2, 0.25) is 0 Å². The molecule has 0 heterocycles. The van der Waals surface area contributed by atoms with Crippen LogP contribution in [0, 0.1) is 0 Å². The highest BCUT2D eigenvalue weighted by Crippen LogP contribution is 2.29. The Balaban J connectivity index is 1.52. The van der Waals surface area contributed by atoms with Crippen LogP contribution in [0.3, 0.4) is 0 Å². The van der Waals surface area contributed by atoms with Crippen molar-refractivity contribution < 1.29 is 9.47 Å². The van der Waals surface area contributed by atoms with Gasteiger partial charge in [-0.1, -0.05) is 54.6 Å². The van der Waals surface area contributed by atoms with E-state index in [1.54, 1.807) is 0 Å². The Morgan fingerprint density at radius 3 is 2.04 bits per heavy atom. The average Bonchev–Trinajstić information content (AvgIpc) is 2.64. The van der Waals surface area contributed by atoms with E-state index in [0.29, 0.717) is 13.2 Å². The molecular weight excluding hydrogens is 296 g/mol.